The number of aliphatic hydroxyl groups excluding tert-OH is 1. The van der Waals surface area contributed by atoms with Crippen molar-refractivity contribution in [2.45, 2.75) is 38.7 Å². The number of carbonyl (C=O) groups is 1. The van der Waals surface area contributed by atoms with Crippen LogP contribution in [0.3, 0.4) is 0 Å². The molecule has 2 amide bonds. The third kappa shape index (κ3) is 2.99. The highest BCUT2D eigenvalue weighted by Crippen LogP contribution is 2.27. The number of nitrogens with two attached hydrogens (primary N) is 1. The molecule has 0 aromatic rings. The lowest BCUT2D eigenvalue weighted by atomic mass is 10.0. The normalized spacial score (nSPS) is 29.4. The number of nitrogens with one attached hydrogen (secondary N) is 1. The quantitative estimate of drug-likeness (QED) is 0.580. The molecule has 0 heterocycles. The number of carbonyl (C=O) groups excluding carboxylic acids is 1. The van der Waals surface area contributed by atoms with Gasteiger partial charge in [0.05, 0.1) is 6.10 Å². The Kier molecular flexibility index (Phi) is 3.88. The van der Waals surface area contributed by atoms with E-state index in [4.69, 9.17) is 5.73 Å². The van der Waals surface area contributed by atoms with E-state index in [1.54, 1.807) is 0 Å². The number of primary amides is 1. The molecule has 14 heavy (non-hydrogen) atoms. The van der Waals surface area contributed by atoms with Gasteiger partial charge in [0.2, 0.25) is 0 Å². The molecule has 5 nitrogen and oxygen atoms in total. The molecule has 2 unspecified atom stereocenters. The van der Waals surface area contributed by atoms with Crippen molar-refractivity contribution in [2.24, 2.45) is 16.8 Å². The summed E-state index contributed by atoms with van der Waals surface area (Å²) in [4.78, 5) is 10.4. The van der Waals surface area contributed by atoms with E-state index in [1.807, 2.05) is 0 Å². The summed E-state index contributed by atoms with van der Waals surface area (Å²) in [7, 11) is 0. The molecule has 0 radical (unpaired) electrons. The zero-order chi connectivity index (χ0) is 10.6. The molecule has 2 atom stereocenters. The van der Waals surface area contributed by atoms with Crippen LogP contribution >= 0.6 is 0 Å². The van der Waals surface area contributed by atoms with Crippen molar-refractivity contribution < 1.29 is 9.90 Å². The van der Waals surface area contributed by atoms with Crippen LogP contribution in [0.5, 0.6) is 0 Å². The summed E-state index contributed by atoms with van der Waals surface area (Å²) in [5.74, 6) is 0.286. The molecule has 1 aliphatic rings. The van der Waals surface area contributed by atoms with Gasteiger partial charge in [0, 0.05) is 12.1 Å². The molecule has 1 rings (SSSR count). The second kappa shape index (κ2) is 4.95. The summed E-state index contributed by atoms with van der Waals surface area (Å²) in [5, 5.41) is 13.5. The minimum Gasteiger partial charge on any atom is -0.392 e. The molecular weight excluding hydrogens is 182 g/mol. The molecule has 4 N–H and O–H groups in total. The van der Waals surface area contributed by atoms with Crippen molar-refractivity contribution in [3.63, 3.8) is 0 Å². The number of nitrogens with zero attached hydrogens (tertiary/aromatic N) is 1. The zero-order valence-electron chi connectivity index (χ0n) is 8.36. The molecule has 0 saturated heterocycles. The van der Waals surface area contributed by atoms with Crippen molar-refractivity contribution >= 4 is 11.7 Å². The van der Waals surface area contributed by atoms with Crippen LogP contribution in [0, 0.1) is 5.92 Å². The maximum Gasteiger partial charge on any atom is 0.332 e. The summed E-state index contributed by atoms with van der Waals surface area (Å²) < 4.78 is 0. The predicted molar refractivity (Wildman–Crippen MR) is 53.8 cm³/mol. The van der Waals surface area contributed by atoms with Gasteiger partial charge in [-0.2, -0.15) is 5.10 Å². The fraction of sp³-hybridized carbons (Fsp3) is 0.778. The average molecular weight is 199 g/mol. The summed E-state index contributed by atoms with van der Waals surface area (Å²) in [5.41, 5.74) is 7.89. The van der Waals surface area contributed by atoms with E-state index in [2.05, 4.69) is 17.5 Å². The Morgan fingerprint density at radius 1 is 1.71 bits per heavy atom. The first kappa shape index (κ1) is 11.0. The minimum absolute atomic E-state index is 0.286. The van der Waals surface area contributed by atoms with Gasteiger partial charge in [-0.25, -0.2) is 10.2 Å². The number of rotatable bonds is 3. The van der Waals surface area contributed by atoms with E-state index < -0.39 is 6.03 Å². The molecule has 0 aromatic carbocycles. The molecule has 5 heteroatoms. The van der Waals surface area contributed by atoms with E-state index in [-0.39, 0.29) is 12.0 Å². The van der Waals surface area contributed by atoms with E-state index in [0.717, 1.165) is 25.0 Å². The Morgan fingerprint density at radius 2 is 2.43 bits per heavy atom. The Morgan fingerprint density at radius 3 is 3.00 bits per heavy atom. The number of urea groups is 1. The average Bonchev–Trinajstić information content (AvgIpc) is 2.45. The van der Waals surface area contributed by atoms with Gasteiger partial charge in [-0.15, -0.1) is 0 Å². The van der Waals surface area contributed by atoms with Crippen LogP contribution in [-0.2, 0) is 0 Å². The third-order valence-electron chi connectivity index (χ3n) is 2.47. The number of hydrazone groups is 1. The van der Waals surface area contributed by atoms with Crippen LogP contribution in [-0.4, -0.2) is 23.0 Å². The number of hydrogen-bond acceptors (Lipinski definition) is 3. The van der Waals surface area contributed by atoms with Crippen molar-refractivity contribution in [2.75, 3.05) is 0 Å². The first-order valence-corrected chi connectivity index (χ1v) is 4.92. The number of aliphatic hydroxyl groups is 1. The second-order valence-electron chi connectivity index (χ2n) is 3.68. The Balaban J connectivity index is 2.45. The van der Waals surface area contributed by atoms with Crippen LogP contribution in [0.1, 0.15) is 32.6 Å². The first-order chi connectivity index (χ1) is 6.63. The maximum absolute atomic E-state index is 10.4. The zero-order valence-corrected chi connectivity index (χ0v) is 8.36. The number of amides is 2. The smallest absolute Gasteiger partial charge is 0.332 e. The highest BCUT2D eigenvalue weighted by atomic mass is 16.3. The van der Waals surface area contributed by atoms with Crippen molar-refractivity contribution in [3.05, 3.63) is 0 Å². The van der Waals surface area contributed by atoms with Crippen LogP contribution in [0.15, 0.2) is 5.10 Å². The Hall–Kier alpha value is -1.10. The maximum atomic E-state index is 10.4. The fourth-order valence-corrected chi connectivity index (χ4v) is 1.82. The third-order valence-corrected chi connectivity index (χ3v) is 2.47. The minimum atomic E-state index is -0.661. The van der Waals surface area contributed by atoms with Crippen LogP contribution in [0.4, 0.5) is 4.79 Å². The van der Waals surface area contributed by atoms with Gasteiger partial charge in [0.1, 0.15) is 0 Å². The second-order valence-corrected chi connectivity index (χ2v) is 3.68. The molecule has 0 aromatic heterocycles. The van der Waals surface area contributed by atoms with Crippen molar-refractivity contribution in [1.29, 1.82) is 0 Å². The fourth-order valence-electron chi connectivity index (χ4n) is 1.82. The Labute approximate surface area is 83.4 Å². The van der Waals surface area contributed by atoms with Gasteiger partial charge in [0.25, 0.3) is 0 Å². The molecular formula is C9H17N3O2. The van der Waals surface area contributed by atoms with Gasteiger partial charge in [0.15, 0.2) is 0 Å². The van der Waals surface area contributed by atoms with E-state index >= 15 is 0 Å². The lowest BCUT2D eigenvalue weighted by Crippen LogP contribution is -2.25. The Bertz CT molecular complexity index is 240. The molecule has 1 aliphatic carbocycles. The monoisotopic (exact) mass is 199 g/mol. The summed E-state index contributed by atoms with van der Waals surface area (Å²) in [6.07, 6.45) is 3.04. The summed E-state index contributed by atoms with van der Waals surface area (Å²) in [6, 6.07) is -0.661. The first-order valence-electron chi connectivity index (χ1n) is 4.92. The largest absolute Gasteiger partial charge is 0.392 e. The van der Waals surface area contributed by atoms with Gasteiger partial charge >= 0.3 is 6.03 Å². The molecule has 0 spiro atoms. The summed E-state index contributed by atoms with van der Waals surface area (Å²) in [6.45, 7) is 2.09. The highest BCUT2D eigenvalue weighted by molar-refractivity contribution is 5.88. The topological polar surface area (TPSA) is 87.7 Å². The summed E-state index contributed by atoms with van der Waals surface area (Å²) >= 11 is 0. The highest BCUT2D eigenvalue weighted by Gasteiger charge is 2.29. The lowest BCUT2D eigenvalue weighted by molar-refractivity contribution is 0.129. The van der Waals surface area contributed by atoms with Gasteiger partial charge in [-0.05, 0) is 18.8 Å². The van der Waals surface area contributed by atoms with Gasteiger partial charge < -0.3 is 10.8 Å². The molecule has 1 saturated carbocycles. The molecule has 1 fully saturated rings. The van der Waals surface area contributed by atoms with Gasteiger partial charge in [-0.3, -0.25) is 0 Å². The SMILES string of the molecule is CCCC1C/C(=N\NC(N)=O)CC1O. The van der Waals surface area contributed by atoms with E-state index in [1.165, 1.54) is 0 Å². The van der Waals surface area contributed by atoms with Crippen molar-refractivity contribution in [1.82, 2.24) is 5.43 Å². The molecule has 0 bridgehead atoms. The molecule has 0 aliphatic heterocycles. The van der Waals surface area contributed by atoms with Gasteiger partial charge in [-0.1, -0.05) is 13.3 Å². The number of hydrogen-bond donors (Lipinski definition) is 3. The van der Waals surface area contributed by atoms with E-state index in [9.17, 15) is 9.90 Å². The lowest BCUT2D eigenvalue weighted by Gasteiger charge is -2.10. The van der Waals surface area contributed by atoms with Crippen LogP contribution in [0.25, 0.3) is 0 Å². The predicted octanol–water partition coefficient (Wildman–Crippen LogP) is 0.582. The standard InChI is InChI=1S/C9H17N3O2/c1-2-3-6-4-7(5-8(6)13)11-12-9(10)14/h6,8,13H,2-5H2,1H3,(H3,10,12,14)/b11-7+. The molecule has 80 valence electrons. The van der Waals surface area contributed by atoms with Crippen LogP contribution < -0.4 is 11.2 Å². The van der Waals surface area contributed by atoms with Crippen molar-refractivity contribution in [3.8, 4) is 0 Å². The van der Waals surface area contributed by atoms with Crippen LogP contribution in [0.2, 0.25) is 0 Å². The van der Waals surface area contributed by atoms with E-state index in [0.29, 0.717) is 6.42 Å².